The van der Waals surface area contributed by atoms with Crippen LogP contribution in [0.25, 0.3) is 0 Å². The Morgan fingerprint density at radius 3 is 2.39 bits per heavy atom. The number of amides is 1. The van der Waals surface area contributed by atoms with E-state index in [0.29, 0.717) is 31.0 Å². The highest BCUT2D eigenvalue weighted by Gasteiger charge is 2.17. The summed E-state index contributed by atoms with van der Waals surface area (Å²) in [7, 11) is 4.38. The van der Waals surface area contributed by atoms with Gasteiger partial charge in [0, 0.05) is 14.6 Å². The van der Waals surface area contributed by atoms with Crippen LogP contribution in [0.5, 0.6) is 5.75 Å². The fourth-order valence-corrected chi connectivity index (χ4v) is 2.50. The van der Waals surface area contributed by atoms with Crippen molar-refractivity contribution in [1.82, 2.24) is 4.90 Å². The molecule has 0 aromatic heterocycles. The molecule has 0 saturated heterocycles. The van der Waals surface area contributed by atoms with Crippen LogP contribution in [-0.4, -0.2) is 64.9 Å². The molecule has 7 heteroatoms. The Kier molecular flexibility index (Phi) is 8.19. The fraction of sp³-hybridized carbons (Fsp3) is 0.562. The molecule has 23 heavy (non-hydrogen) atoms. The number of hydrogen-bond donors (Lipinski definition) is 1. The lowest BCUT2D eigenvalue weighted by molar-refractivity contribution is 0.0915. The van der Waals surface area contributed by atoms with Gasteiger partial charge in [-0.15, -0.1) is 0 Å². The second-order valence-corrected chi connectivity index (χ2v) is 12.2. The molecule has 126 valence electrons. The Labute approximate surface area is 141 Å². The molecule has 0 heterocycles. The number of nitrogens with zero attached hydrogens (tertiary/aromatic N) is 1. The fourth-order valence-electron chi connectivity index (χ4n) is 1.79. The molecule has 0 aliphatic carbocycles. The van der Waals surface area contributed by atoms with Gasteiger partial charge in [0.1, 0.15) is 20.2 Å². The number of aliphatic hydroxyl groups excluding tert-OH is 1. The van der Waals surface area contributed by atoms with Gasteiger partial charge in [-0.2, -0.15) is 0 Å². The molecule has 1 aromatic carbocycles. The van der Waals surface area contributed by atoms with Crippen molar-refractivity contribution in [3.63, 3.8) is 0 Å². The Balaban J connectivity index is 2.38. The summed E-state index contributed by atoms with van der Waals surface area (Å²) in [6, 6.07) is 7.99. The lowest BCUT2D eigenvalue weighted by Gasteiger charge is -2.22. The lowest BCUT2D eigenvalue weighted by Crippen LogP contribution is -2.38. The van der Waals surface area contributed by atoms with Crippen molar-refractivity contribution in [2.45, 2.75) is 25.7 Å². The number of hydrogen-bond acceptors (Lipinski definition) is 4. The molecule has 0 spiro atoms. The van der Waals surface area contributed by atoms with Crippen LogP contribution >= 0.6 is 0 Å². The molecule has 0 fully saturated rings. The molecule has 0 aliphatic rings. The third kappa shape index (κ3) is 8.66. The highest BCUT2D eigenvalue weighted by Crippen LogP contribution is 2.09. The maximum absolute atomic E-state index is 12.0. The molecule has 0 atom stereocenters. The lowest BCUT2D eigenvalue weighted by atomic mass is 9.97. The van der Waals surface area contributed by atoms with Crippen LogP contribution in [0.2, 0.25) is 25.7 Å². The molecule has 0 bridgehead atoms. The van der Waals surface area contributed by atoms with E-state index in [1.165, 1.54) is 4.90 Å². The SMILES string of the molecule is [B]c1ccc(OCCN(CCO)C(=O)OCC[Si](C)(C)C)cc1. The number of aliphatic hydroxyl groups is 1. The second kappa shape index (κ2) is 9.62. The van der Waals surface area contributed by atoms with Crippen LogP contribution in [0, 0.1) is 0 Å². The minimum absolute atomic E-state index is 0.106. The smallest absolute Gasteiger partial charge is 0.409 e. The number of benzene rings is 1. The first-order valence-electron chi connectivity index (χ1n) is 7.83. The predicted molar refractivity (Wildman–Crippen MR) is 95.5 cm³/mol. The van der Waals surface area contributed by atoms with Gasteiger partial charge in [0.25, 0.3) is 0 Å². The van der Waals surface area contributed by atoms with Gasteiger partial charge in [-0.1, -0.05) is 37.2 Å². The third-order valence-electron chi connectivity index (χ3n) is 3.22. The summed E-state index contributed by atoms with van der Waals surface area (Å²) in [5.41, 5.74) is 0.672. The van der Waals surface area contributed by atoms with Crippen molar-refractivity contribution < 1.29 is 19.4 Å². The van der Waals surface area contributed by atoms with Crippen LogP contribution in [0.1, 0.15) is 0 Å². The van der Waals surface area contributed by atoms with Crippen molar-refractivity contribution in [2.24, 2.45) is 0 Å². The molecule has 2 radical (unpaired) electrons. The first-order chi connectivity index (χ1) is 10.8. The highest BCUT2D eigenvalue weighted by atomic mass is 28.3. The summed E-state index contributed by atoms with van der Waals surface area (Å²) in [4.78, 5) is 13.5. The van der Waals surface area contributed by atoms with Crippen molar-refractivity contribution in [3.05, 3.63) is 24.3 Å². The molecule has 1 aromatic rings. The molecule has 0 unspecified atom stereocenters. The molecule has 0 saturated carbocycles. The summed E-state index contributed by atoms with van der Waals surface area (Å²) in [6.45, 7) is 7.92. The van der Waals surface area contributed by atoms with E-state index in [0.717, 1.165) is 6.04 Å². The van der Waals surface area contributed by atoms with Gasteiger partial charge in [0.2, 0.25) is 0 Å². The Bertz CT molecular complexity index is 476. The summed E-state index contributed by atoms with van der Waals surface area (Å²) >= 11 is 0. The number of carbonyl (C=O) groups excluding carboxylic acids is 1. The van der Waals surface area contributed by atoms with Gasteiger partial charge in [0.15, 0.2) is 0 Å². The molecule has 1 N–H and O–H groups in total. The van der Waals surface area contributed by atoms with Crippen molar-refractivity contribution in [1.29, 1.82) is 0 Å². The van der Waals surface area contributed by atoms with Gasteiger partial charge < -0.3 is 19.5 Å². The summed E-state index contributed by atoms with van der Waals surface area (Å²) in [5, 5.41) is 9.09. The van der Waals surface area contributed by atoms with E-state index in [2.05, 4.69) is 19.6 Å². The highest BCUT2D eigenvalue weighted by molar-refractivity contribution is 6.76. The maximum Gasteiger partial charge on any atom is 0.409 e. The van der Waals surface area contributed by atoms with Crippen molar-refractivity contribution in [2.75, 3.05) is 32.9 Å². The Hall–Kier alpha value is -1.47. The number of ether oxygens (including phenoxy) is 2. The Morgan fingerprint density at radius 1 is 1.17 bits per heavy atom. The molecular formula is C16H26BNO4Si. The van der Waals surface area contributed by atoms with Crippen molar-refractivity contribution >= 4 is 27.5 Å². The third-order valence-corrected chi connectivity index (χ3v) is 4.92. The largest absolute Gasteiger partial charge is 0.492 e. The summed E-state index contributed by atoms with van der Waals surface area (Å²) in [5.74, 6) is 0.690. The predicted octanol–water partition coefficient (Wildman–Crippen LogP) is 1.63. The molecule has 1 rings (SSSR count). The minimum Gasteiger partial charge on any atom is -0.492 e. The monoisotopic (exact) mass is 335 g/mol. The number of rotatable bonds is 9. The van der Waals surface area contributed by atoms with Crippen LogP contribution < -0.4 is 10.2 Å². The van der Waals surface area contributed by atoms with E-state index >= 15 is 0 Å². The molecule has 0 aliphatic heterocycles. The molecular weight excluding hydrogens is 309 g/mol. The quantitative estimate of drug-likeness (QED) is 0.697. The number of carbonyl (C=O) groups is 1. The van der Waals surface area contributed by atoms with Crippen LogP contribution in [0.3, 0.4) is 0 Å². The summed E-state index contributed by atoms with van der Waals surface area (Å²) in [6.07, 6.45) is -0.404. The van der Waals surface area contributed by atoms with E-state index in [1.807, 2.05) is 0 Å². The first kappa shape index (κ1) is 19.6. The van der Waals surface area contributed by atoms with Crippen LogP contribution in [0.4, 0.5) is 4.79 Å². The minimum atomic E-state index is -1.23. The van der Waals surface area contributed by atoms with Gasteiger partial charge >= 0.3 is 6.09 Å². The average molecular weight is 335 g/mol. The van der Waals surface area contributed by atoms with Gasteiger partial charge in [-0.3, -0.25) is 0 Å². The van der Waals surface area contributed by atoms with Crippen LogP contribution in [-0.2, 0) is 4.74 Å². The van der Waals surface area contributed by atoms with E-state index in [9.17, 15) is 4.79 Å². The van der Waals surface area contributed by atoms with Crippen molar-refractivity contribution in [3.8, 4) is 5.75 Å². The average Bonchev–Trinajstić information content (AvgIpc) is 2.47. The van der Waals surface area contributed by atoms with E-state index < -0.39 is 14.2 Å². The molecule has 5 nitrogen and oxygen atoms in total. The zero-order chi connectivity index (χ0) is 17.3. The normalized spacial score (nSPS) is 11.1. The van der Waals surface area contributed by atoms with Gasteiger partial charge in [-0.25, -0.2) is 4.79 Å². The van der Waals surface area contributed by atoms with Crippen LogP contribution in [0.15, 0.2) is 24.3 Å². The topological polar surface area (TPSA) is 59.0 Å². The first-order valence-corrected chi connectivity index (χ1v) is 11.5. The Morgan fingerprint density at radius 2 is 1.83 bits per heavy atom. The maximum atomic E-state index is 12.0. The second-order valence-electron chi connectivity index (χ2n) is 6.55. The van der Waals surface area contributed by atoms with Gasteiger partial charge in [-0.05, 0) is 18.2 Å². The van der Waals surface area contributed by atoms with E-state index in [-0.39, 0.29) is 13.2 Å². The van der Waals surface area contributed by atoms with Gasteiger partial charge in [0.05, 0.1) is 19.8 Å². The summed E-state index contributed by atoms with van der Waals surface area (Å²) < 4.78 is 10.9. The van der Waals surface area contributed by atoms with E-state index in [4.69, 9.17) is 22.4 Å². The molecule has 1 amide bonds. The standard InChI is InChI=1S/C16H26BNO4Si/c1-23(2,3)13-12-22-16(20)18(8-10-19)9-11-21-15-6-4-14(17)5-7-15/h4-7,19H,8-13H2,1-3H3. The van der Waals surface area contributed by atoms with E-state index in [1.54, 1.807) is 24.3 Å². The zero-order valence-electron chi connectivity index (χ0n) is 14.2. The zero-order valence-corrected chi connectivity index (χ0v) is 15.2.